The van der Waals surface area contributed by atoms with E-state index in [1.165, 1.54) is 11.1 Å². The van der Waals surface area contributed by atoms with Crippen molar-refractivity contribution in [1.82, 2.24) is 4.98 Å². The third-order valence-electron chi connectivity index (χ3n) is 8.71. The highest BCUT2D eigenvalue weighted by Crippen LogP contribution is 2.44. The standard InChI is InChI=1S/C43H28N2O2/c1-4-12-29(13-5-1)30-20-24-34(25-21-30)45(33-16-8-3-9-17-33)35-26-22-31(23-27-35)40-41-36-18-10-11-19-37(36)46-38(41)28-39-42(40)44-43(47-39)32-14-6-2-7-15-32/h1-28H. The van der Waals surface area contributed by atoms with Gasteiger partial charge in [-0.1, -0.05) is 109 Å². The number of hydrogen-bond donors (Lipinski definition) is 0. The van der Waals surface area contributed by atoms with Gasteiger partial charge in [0.2, 0.25) is 5.89 Å². The Morgan fingerprint density at radius 3 is 1.62 bits per heavy atom. The molecule has 4 nitrogen and oxygen atoms in total. The molecule has 0 aliphatic heterocycles. The summed E-state index contributed by atoms with van der Waals surface area (Å²) in [5.74, 6) is 0.588. The summed E-state index contributed by atoms with van der Waals surface area (Å²) >= 11 is 0. The predicted molar refractivity (Wildman–Crippen MR) is 192 cm³/mol. The Bertz CT molecular complexity index is 2480. The van der Waals surface area contributed by atoms with E-state index in [1.54, 1.807) is 0 Å². The van der Waals surface area contributed by atoms with Gasteiger partial charge in [0.05, 0.1) is 0 Å². The Morgan fingerprint density at radius 1 is 0.404 bits per heavy atom. The molecule has 0 fully saturated rings. The number of anilines is 3. The maximum Gasteiger partial charge on any atom is 0.227 e. The van der Waals surface area contributed by atoms with Crippen molar-refractivity contribution in [3.63, 3.8) is 0 Å². The van der Waals surface area contributed by atoms with E-state index >= 15 is 0 Å². The lowest BCUT2D eigenvalue weighted by Crippen LogP contribution is -2.09. The van der Waals surface area contributed by atoms with Crippen LogP contribution in [-0.2, 0) is 0 Å². The Hall–Kier alpha value is -6.39. The van der Waals surface area contributed by atoms with Crippen molar-refractivity contribution in [2.45, 2.75) is 0 Å². The first-order valence-corrected chi connectivity index (χ1v) is 15.7. The number of benzene rings is 7. The molecule has 7 aromatic carbocycles. The number of nitrogens with zero attached hydrogens (tertiary/aromatic N) is 2. The van der Waals surface area contributed by atoms with Gasteiger partial charge in [-0.3, -0.25) is 0 Å². The van der Waals surface area contributed by atoms with Gasteiger partial charge >= 0.3 is 0 Å². The normalized spacial score (nSPS) is 11.4. The molecule has 222 valence electrons. The van der Waals surface area contributed by atoms with E-state index in [1.807, 2.05) is 66.7 Å². The third-order valence-corrected chi connectivity index (χ3v) is 8.71. The topological polar surface area (TPSA) is 42.4 Å². The highest BCUT2D eigenvalue weighted by Gasteiger charge is 2.22. The van der Waals surface area contributed by atoms with Crippen LogP contribution >= 0.6 is 0 Å². The number of aromatic nitrogens is 1. The van der Waals surface area contributed by atoms with Crippen LogP contribution in [0.4, 0.5) is 17.1 Å². The number of hydrogen-bond acceptors (Lipinski definition) is 4. The van der Waals surface area contributed by atoms with E-state index in [2.05, 4.69) is 108 Å². The van der Waals surface area contributed by atoms with Gasteiger partial charge < -0.3 is 13.7 Å². The second-order valence-electron chi connectivity index (χ2n) is 11.6. The lowest BCUT2D eigenvalue weighted by molar-refractivity contribution is 0.617. The lowest BCUT2D eigenvalue weighted by atomic mass is 9.97. The minimum absolute atomic E-state index is 0.588. The highest BCUT2D eigenvalue weighted by atomic mass is 16.4. The quantitative estimate of drug-likeness (QED) is 0.189. The predicted octanol–water partition coefficient (Wildman–Crippen LogP) is 12.2. The molecule has 0 radical (unpaired) electrons. The molecule has 0 amide bonds. The molecular formula is C43H28N2O2. The first-order valence-electron chi connectivity index (χ1n) is 15.7. The highest BCUT2D eigenvalue weighted by molar-refractivity contribution is 6.19. The fourth-order valence-corrected chi connectivity index (χ4v) is 6.49. The SMILES string of the molecule is c1ccc(-c2ccc(N(c3ccccc3)c3ccc(-c4c5nc(-c6ccccc6)oc5cc5oc6ccccc6c45)cc3)cc2)cc1. The van der Waals surface area contributed by atoms with Crippen molar-refractivity contribution < 1.29 is 8.83 Å². The molecular weight excluding hydrogens is 576 g/mol. The number of para-hydroxylation sites is 2. The van der Waals surface area contributed by atoms with Crippen LogP contribution in [0.25, 0.3) is 66.7 Å². The summed E-state index contributed by atoms with van der Waals surface area (Å²) in [5.41, 5.74) is 11.7. The van der Waals surface area contributed by atoms with Crippen LogP contribution in [0.2, 0.25) is 0 Å². The van der Waals surface area contributed by atoms with Crippen molar-refractivity contribution in [2.24, 2.45) is 0 Å². The Labute approximate surface area is 271 Å². The van der Waals surface area contributed by atoms with Crippen LogP contribution in [-0.4, -0.2) is 4.98 Å². The average Bonchev–Trinajstić information content (AvgIpc) is 3.74. The zero-order chi connectivity index (χ0) is 31.2. The minimum atomic E-state index is 0.588. The Morgan fingerprint density at radius 2 is 0.936 bits per heavy atom. The van der Waals surface area contributed by atoms with Gasteiger partial charge in [0, 0.05) is 45.0 Å². The Kier molecular flexibility index (Phi) is 6.43. The molecule has 0 aliphatic rings. The molecule has 0 saturated heterocycles. The van der Waals surface area contributed by atoms with Crippen molar-refractivity contribution in [3.8, 4) is 33.7 Å². The van der Waals surface area contributed by atoms with Crippen molar-refractivity contribution in [3.05, 3.63) is 170 Å². The molecule has 9 aromatic rings. The van der Waals surface area contributed by atoms with Gasteiger partial charge in [-0.05, 0) is 71.3 Å². The van der Waals surface area contributed by atoms with Crippen LogP contribution in [0.3, 0.4) is 0 Å². The van der Waals surface area contributed by atoms with Crippen LogP contribution in [0.5, 0.6) is 0 Å². The van der Waals surface area contributed by atoms with Gasteiger partial charge in [-0.15, -0.1) is 0 Å². The van der Waals surface area contributed by atoms with E-state index in [0.29, 0.717) is 11.5 Å². The second kappa shape index (κ2) is 11.2. The zero-order valence-corrected chi connectivity index (χ0v) is 25.4. The molecule has 0 saturated carbocycles. The molecule has 9 rings (SSSR count). The summed E-state index contributed by atoms with van der Waals surface area (Å²) in [7, 11) is 0. The molecule has 0 atom stereocenters. The maximum absolute atomic E-state index is 6.36. The molecule has 0 unspecified atom stereocenters. The molecule has 2 aromatic heterocycles. The number of rotatable bonds is 6. The molecule has 0 N–H and O–H groups in total. The monoisotopic (exact) mass is 604 g/mol. The van der Waals surface area contributed by atoms with Gasteiger partial charge in [-0.2, -0.15) is 0 Å². The first kappa shape index (κ1) is 27.0. The first-order chi connectivity index (χ1) is 23.3. The molecule has 47 heavy (non-hydrogen) atoms. The molecule has 0 spiro atoms. The minimum Gasteiger partial charge on any atom is -0.456 e. The van der Waals surface area contributed by atoms with Gasteiger partial charge in [0.15, 0.2) is 5.58 Å². The fraction of sp³-hybridized carbons (Fsp3) is 0. The van der Waals surface area contributed by atoms with Gasteiger partial charge in [0.25, 0.3) is 0 Å². The van der Waals surface area contributed by atoms with E-state index in [4.69, 9.17) is 13.8 Å². The molecule has 0 aliphatic carbocycles. The van der Waals surface area contributed by atoms with E-state index < -0.39 is 0 Å². The number of fused-ring (bicyclic) bond motifs is 4. The van der Waals surface area contributed by atoms with Gasteiger partial charge in [-0.25, -0.2) is 4.98 Å². The van der Waals surface area contributed by atoms with Crippen LogP contribution < -0.4 is 4.90 Å². The Balaban J connectivity index is 1.19. The largest absolute Gasteiger partial charge is 0.456 e. The van der Waals surface area contributed by atoms with Crippen molar-refractivity contribution in [2.75, 3.05) is 4.90 Å². The summed E-state index contributed by atoms with van der Waals surface area (Å²) in [6.07, 6.45) is 0. The second-order valence-corrected chi connectivity index (χ2v) is 11.6. The molecule has 0 bridgehead atoms. The lowest BCUT2D eigenvalue weighted by Gasteiger charge is -2.26. The third kappa shape index (κ3) is 4.75. The van der Waals surface area contributed by atoms with Crippen LogP contribution in [0, 0.1) is 0 Å². The summed E-state index contributed by atoms with van der Waals surface area (Å²) in [6.45, 7) is 0. The summed E-state index contributed by atoms with van der Waals surface area (Å²) < 4.78 is 12.7. The van der Waals surface area contributed by atoms with Crippen LogP contribution in [0.15, 0.2) is 179 Å². The summed E-state index contributed by atoms with van der Waals surface area (Å²) in [6, 6.07) is 58.6. The summed E-state index contributed by atoms with van der Waals surface area (Å²) in [5, 5.41) is 2.09. The molecule has 2 heterocycles. The van der Waals surface area contributed by atoms with Gasteiger partial charge in [0.1, 0.15) is 16.7 Å². The van der Waals surface area contributed by atoms with Crippen molar-refractivity contribution in [1.29, 1.82) is 0 Å². The smallest absolute Gasteiger partial charge is 0.227 e. The fourth-order valence-electron chi connectivity index (χ4n) is 6.49. The maximum atomic E-state index is 6.36. The van der Waals surface area contributed by atoms with E-state index in [-0.39, 0.29) is 0 Å². The van der Waals surface area contributed by atoms with E-state index in [0.717, 1.165) is 61.2 Å². The van der Waals surface area contributed by atoms with E-state index in [9.17, 15) is 0 Å². The number of furan rings is 1. The summed E-state index contributed by atoms with van der Waals surface area (Å²) in [4.78, 5) is 7.35. The zero-order valence-electron chi connectivity index (χ0n) is 25.4. The van der Waals surface area contributed by atoms with Crippen LogP contribution in [0.1, 0.15) is 0 Å². The van der Waals surface area contributed by atoms with Crippen molar-refractivity contribution >= 4 is 50.1 Å². The average molecular weight is 605 g/mol. The number of oxazole rings is 1. The molecule has 4 heteroatoms.